The number of carbonyl (C=O) groups is 5. The molecule has 0 spiro atoms. The monoisotopic (exact) mass is 772 g/mol. The molecular formula is C38H30Cl2N4O6S2. The van der Waals surface area contributed by atoms with Gasteiger partial charge >= 0.3 is 5.97 Å². The number of halogens is 2. The smallest absolute Gasteiger partial charge is 0.341 e. The van der Waals surface area contributed by atoms with E-state index in [1.54, 1.807) is 104 Å². The highest BCUT2D eigenvalue weighted by Gasteiger charge is 2.26. The van der Waals surface area contributed by atoms with Crippen LogP contribution in [0.2, 0.25) is 10.0 Å². The summed E-state index contributed by atoms with van der Waals surface area (Å²) in [7, 11) is 1.22. The molecular weight excluding hydrogens is 743 g/mol. The number of anilines is 3. The van der Waals surface area contributed by atoms with Gasteiger partial charge in [0.15, 0.2) is 0 Å². The number of ether oxygens (including phenoxy) is 1. The molecule has 0 saturated heterocycles. The van der Waals surface area contributed by atoms with E-state index in [0.29, 0.717) is 33.0 Å². The van der Waals surface area contributed by atoms with Crippen molar-refractivity contribution in [2.45, 2.75) is 11.8 Å². The minimum atomic E-state index is -0.691. The second-order valence-corrected chi connectivity index (χ2v) is 13.8. The van der Waals surface area contributed by atoms with E-state index in [2.05, 4.69) is 21.3 Å². The molecule has 1 aromatic heterocycles. The third-order valence-corrected chi connectivity index (χ3v) is 10.2. The van der Waals surface area contributed by atoms with Gasteiger partial charge in [-0.25, -0.2) is 4.79 Å². The summed E-state index contributed by atoms with van der Waals surface area (Å²) in [5.74, 6) is -2.78. The highest BCUT2D eigenvalue weighted by Crippen LogP contribution is 2.35. The van der Waals surface area contributed by atoms with Crippen LogP contribution in [0.4, 0.5) is 16.4 Å². The molecule has 0 aliphatic rings. The Morgan fingerprint density at radius 2 is 1.40 bits per heavy atom. The van der Waals surface area contributed by atoms with Crippen LogP contribution in [0.3, 0.4) is 0 Å². The van der Waals surface area contributed by atoms with E-state index >= 15 is 0 Å². The summed E-state index contributed by atoms with van der Waals surface area (Å²) in [6.45, 7) is 1.61. The van der Waals surface area contributed by atoms with E-state index in [4.69, 9.17) is 27.9 Å². The largest absolute Gasteiger partial charge is 0.465 e. The molecule has 0 unspecified atom stereocenters. The zero-order valence-electron chi connectivity index (χ0n) is 27.6. The summed E-state index contributed by atoms with van der Waals surface area (Å²) < 4.78 is 4.93. The molecule has 0 aliphatic heterocycles. The van der Waals surface area contributed by atoms with E-state index < -0.39 is 29.6 Å². The second kappa shape index (κ2) is 17.7. The van der Waals surface area contributed by atoms with Gasteiger partial charge in [0.25, 0.3) is 17.7 Å². The molecule has 5 aromatic rings. The Morgan fingerprint density at radius 3 is 2.08 bits per heavy atom. The second-order valence-electron chi connectivity index (χ2n) is 10.9. The highest BCUT2D eigenvalue weighted by atomic mass is 35.5. The Morgan fingerprint density at radius 1 is 0.769 bits per heavy atom. The molecule has 0 atom stereocenters. The van der Waals surface area contributed by atoms with Gasteiger partial charge in [-0.1, -0.05) is 71.7 Å². The van der Waals surface area contributed by atoms with Gasteiger partial charge in [0.1, 0.15) is 10.7 Å². The van der Waals surface area contributed by atoms with Crippen molar-refractivity contribution in [2.75, 3.05) is 28.8 Å². The minimum absolute atomic E-state index is 0.0657. The van der Waals surface area contributed by atoms with Gasteiger partial charge in [-0.05, 0) is 73.2 Å². The van der Waals surface area contributed by atoms with Crippen LogP contribution in [-0.4, -0.2) is 42.5 Å². The normalized spacial score (nSPS) is 11.0. The maximum atomic E-state index is 13.6. The number of hydrogen-bond acceptors (Lipinski definition) is 8. The van der Waals surface area contributed by atoms with Crippen molar-refractivity contribution in [2.24, 2.45) is 0 Å². The first-order chi connectivity index (χ1) is 25.0. The van der Waals surface area contributed by atoms with Crippen LogP contribution in [0.25, 0.3) is 6.08 Å². The predicted molar refractivity (Wildman–Crippen MR) is 208 cm³/mol. The average molecular weight is 774 g/mol. The first-order valence-corrected chi connectivity index (χ1v) is 18.0. The van der Waals surface area contributed by atoms with E-state index in [1.807, 2.05) is 6.07 Å². The fourth-order valence-electron chi connectivity index (χ4n) is 4.78. The molecule has 14 heteroatoms. The highest BCUT2D eigenvalue weighted by molar-refractivity contribution is 8.00. The van der Waals surface area contributed by atoms with Gasteiger partial charge < -0.3 is 26.0 Å². The van der Waals surface area contributed by atoms with E-state index in [0.717, 1.165) is 11.3 Å². The lowest BCUT2D eigenvalue weighted by molar-refractivity contribution is -0.114. The lowest BCUT2D eigenvalue weighted by Crippen LogP contribution is -2.30. The van der Waals surface area contributed by atoms with Crippen molar-refractivity contribution in [3.05, 3.63) is 146 Å². The standard InChI is InChI=1S/C38H30Cl2N4O6S2/c1-22-32(38(49)50-2)37(52-33(22)36(48)41-24-13-7-4-8-14-24)44-31(45)21-51-26-16-9-15-25(19-26)42-35(47)30(20-27-28(39)17-10-18-29(27)40)43-34(46)23-11-5-3-6-12-23/h3-20H,21H2,1-2H3,(H,41,48)(H,42,47)(H,43,46)(H,44,45)/b30-20+. The van der Waals surface area contributed by atoms with Gasteiger partial charge in [-0.15, -0.1) is 23.1 Å². The molecule has 0 aliphatic carbocycles. The Kier molecular flexibility index (Phi) is 12.9. The number of carbonyl (C=O) groups excluding carboxylic acids is 5. The number of nitrogens with one attached hydrogen (secondary N) is 4. The van der Waals surface area contributed by atoms with Crippen LogP contribution in [0.1, 0.15) is 41.5 Å². The molecule has 10 nitrogen and oxygen atoms in total. The summed E-state index contributed by atoms with van der Waals surface area (Å²) in [5, 5.41) is 11.7. The third-order valence-electron chi connectivity index (χ3n) is 7.31. The van der Waals surface area contributed by atoms with E-state index in [-0.39, 0.29) is 36.9 Å². The van der Waals surface area contributed by atoms with Crippen LogP contribution in [0.15, 0.2) is 114 Å². The zero-order chi connectivity index (χ0) is 37.2. The lowest BCUT2D eigenvalue weighted by atomic mass is 10.1. The molecule has 4 N–H and O–H groups in total. The fourth-order valence-corrected chi connectivity index (χ4v) is 7.15. The summed E-state index contributed by atoms with van der Waals surface area (Å²) in [6, 6.07) is 28.9. The van der Waals surface area contributed by atoms with Gasteiger partial charge in [0.05, 0.1) is 23.3 Å². The molecule has 0 bridgehead atoms. The number of hydrogen-bond donors (Lipinski definition) is 4. The molecule has 0 fully saturated rings. The predicted octanol–water partition coefficient (Wildman–Crippen LogP) is 8.54. The summed E-state index contributed by atoms with van der Waals surface area (Å²) in [6.07, 6.45) is 1.40. The van der Waals surface area contributed by atoms with Crippen LogP contribution in [0, 0.1) is 6.92 Å². The van der Waals surface area contributed by atoms with Gasteiger partial charge in [0, 0.05) is 37.4 Å². The van der Waals surface area contributed by atoms with Crippen molar-refractivity contribution in [3.8, 4) is 0 Å². The molecule has 264 valence electrons. The number of thioether (sulfide) groups is 1. The quantitative estimate of drug-likeness (QED) is 0.0566. The maximum absolute atomic E-state index is 13.6. The van der Waals surface area contributed by atoms with Crippen molar-refractivity contribution in [3.63, 3.8) is 0 Å². The number of benzene rings is 4. The van der Waals surface area contributed by atoms with E-state index in [1.165, 1.54) is 24.9 Å². The Hall–Kier alpha value is -5.40. The summed E-state index contributed by atoms with van der Waals surface area (Å²) in [5.41, 5.74) is 2.01. The number of esters is 1. The van der Waals surface area contributed by atoms with Crippen LogP contribution < -0.4 is 21.3 Å². The Balaban J connectivity index is 1.28. The topological polar surface area (TPSA) is 143 Å². The minimum Gasteiger partial charge on any atom is -0.465 e. The van der Waals surface area contributed by atoms with E-state index in [9.17, 15) is 24.0 Å². The van der Waals surface area contributed by atoms with Gasteiger partial charge in [0.2, 0.25) is 5.91 Å². The molecule has 52 heavy (non-hydrogen) atoms. The van der Waals surface area contributed by atoms with Crippen LogP contribution in [0.5, 0.6) is 0 Å². The number of amides is 4. The average Bonchev–Trinajstić information content (AvgIpc) is 3.47. The number of methoxy groups -OCH3 is 1. The van der Waals surface area contributed by atoms with Crippen molar-refractivity contribution in [1.82, 2.24) is 5.32 Å². The van der Waals surface area contributed by atoms with Crippen molar-refractivity contribution in [1.29, 1.82) is 0 Å². The number of para-hydroxylation sites is 1. The molecule has 1 heterocycles. The molecule has 4 aromatic carbocycles. The molecule has 0 radical (unpaired) electrons. The van der Waals surface area contributed by atoms with Gasteiger partial charge in [-0.3, -0.25) is 19.2 Å². The fraction of sp³-hybridized carbons (Fsp3) is 0.0789. The van der Waals surface area contributed by atoms with Gasteiger partial charge in [-0.2, -0.15) is 0 Å². The molecule has 5 rings (SSSR count). The summed E-state index contributed by atoms with van der Waals surface area (Å²) in [4.78, 5) is 66.3. The molecule has 4 amide bonds. The zero-order valence-corrected chi connectivity index (χ0v) is 30.8. The first kappa shape index (κ1) is 37.8. The van der Waals surface area contributed by atoms with Crippen LogP contribution in [-0.2, 0) is 14.3 Å². The molecule has 0 saturated carbocycles. The van der Waals surface area contributed by atoms with Crippen molar-refractivity contribution >= 4 is 98.4 Å². The third kappa shape index (κ3) is 9.68. The summed E-state index contributed by atoms with van der Waals surface area (Å²) >= 11 is 14.9. The maximum Gasteiger partial charge on any atom is 0.341 e. The van der Waals surface area contributed by atoms with Crippen LogP contribution >= 0.6 is 46.3 Å². The lowest BCUT2D eigenvalue weighted by Gasteiger charge is -2.13. The Labute approximate surface area is 317 Å². The SMILES string of the molecule is COC(=O)c1c(NC(=O)CSc2cccc(NC(=O)/C(=C\c3c(Cl)cccc3Cl)NC(=O)c3ccccc3)c2)sc(C(=O)Nc2ccccc2)c1C. The number of thiophene rings is 1. The Bertz CT molecular complexity index is 2150. The van der Waals surface area contributed by atoms with Crippen molar-refractivity contribution < 1.29 is 28.7 Å². The first-order valence-electron chi connectivity index (χ1n) is 15.5. The number of rotatable bonds is 12.